The topological polar surface area (TPSA) is 146 Å². The van der Waals surface area contributed by atoms with Crippen LogP contribution in [0.3, 0.4) is 0 Å². The summed E-state index contributed by atoms with van der Waals surface area (Å²) < 4.78 is 23.7. The number of ether oxygens (including phenoxy) is 4. The number of aliphatic hydroxyl groups excluding tert-OH is 1. The number of esters is 2. The van der Waals surface area contributed by atoms with E-state index in [1.54, 1.807) is 32.0 Å². The highest BCUT2D eigenvalue weighted by Crippen LogP contribution is 2.65. The fourth-order valence-corrected chi connectivity index (χ4v) is 7.09. The minimum atomic E-state index is -2.34. The molecule has 1 aromatic carbocycles. The second-order valence-corrected chi connectivity index (χ2v) is 11.5. The molecule has 3 saturated heterocycles. The Morgan fingerprint density at radius 1 is 1.13 bits per heavy atom. The van der Waals surface area contributed by atoms with Crippen LogP contribution in [0.4, 0.5) is 0 Å². The van der Waals surface area contributed by atoms with E-state index >= 15 is 0 Å². The lowest BCUT2D eigenvalue weighted by Gasteiger charge is -2.63. The van der Waals surface area contributed by atoms with Crippen molar-refractivity contribution in [3.8, 4) is 0 Å². The van der Waals surface area contributed by atoms with Gasteiger partial charge in [-0.3, -0.25) is 14.4 Å². The SMILES string of the molecule is CC(=O)O[C@@]12CO[C@@H]1C[C@H](O)[C@@]1(C)C(=O)[C@@H]3O[C@](O)([C@@H](OC(=O)c4ccccc4)C12)C(C)(C)/C3=C(/C)C=O. The molecule has 0 amide bonds. The molecule has 3 aliphatic heterocycles. The van der Waals surface area contributed by atoms with Gasteiger partial charge in [0.15, 0.2) is 17.5 Å². The first-order chi connectivity index (χ1) is 17.8. The van der Waals surface area contributed by atoms with Gasteiger partial charge in [0.1, 0.15) is 18.5 Å². The molecule has 204 valence electrons. The van der Waals surface area contributed by atoms with Crippen LogP contribution in [-0.4, -0.2) is 76.6 Å². The fraction of sp³-hybridized carbons (Fsp3) is 0.571. The summed E-state index contributed by atoms with van der Waals surface area (Å²) in [7, 11) is 0. The molecule has 4 fully saturated rings. The normalized spacial score (nSPS) is 42.1. The number of hydrogen-bond donors (Lipinski definition) is 2. The van der Waals surface area contributed by atoms with Crippen LogP contribution < -0.4 is 0 Å². The Balaban J connectivity index is 1.78. The lowest BCUT2D eigenvalue weighted by Crippen LogP contribution is -2.79. The molecule has 1 saturated carbocycles. The molecule has 38 heavy (non-hydrogen) atoms. The van der Waals surface area contributed by atoms with E-state index in [2.05, 4.69) is 0 Å². The van der Waals surface area contributed by atoms with Crippen LogP contribution in [0.25, 0.3) is 0 Å². The first-order valence-corrected chi connectivity index (χ1v) is 12.6. The largest absolute Gasteiger partial charge is 0.453 e. The molecule has 2 N–H and O–H groups in total. The Morgan fingerprint density at radius 3 is 2.34 bits per heavy atom. The van der Waals surface area contributed by atoms with Crippen molar-refractivity contribution in [2.75, 3.05) is 6.61 Å². The molecule has 10 nitrogen and oxygen atoms in total. The minimum absolute atomic E-state index is 0.0361. The summed E-state index contributed by atoms with van der Waals surface area (Å²) in [5.74, 6) is -5.66. The third-order valence-electron chi connectivity index (χ3n) is 9.12. The summed E-state index contributed by atoms with van der Waals surface area (Å²) in [6, 6.07) is 8.08. The molecule has 0 aromatic heterocycles. The van der Waals surface area contributed by atoms with E-state index in [0.717, 1.165) is 0 Å². The third-order valence-corrected chi connectivity index (χ3v) is 9.12. The van der Waals surface area contributed by atoms with Crippen molar-refractivity contribution in [2.24, 2.45) is 16.7 Å². The Labute approximate surface area is 219 Å². The van der Waals surface area contributed by atoms with Crippen LogP contribution in [0.2, 0.25) is 0 Å². The number of aliphatic hydroxyl groups is 2. The zero-order chi connectivity index (χ0) is 27.8. The minimum Gasteiger partial charge on any atom is -0.453 e. The monoisotopic (exact) mass is 528 g/mol. The second-order valence-electron chi connectivity index (χ2n) is 11.5. The number of aldehydes is 1. The summed E-state index contributed by atoms with van der Waals surface area (Å²) in [6.07, 6.45) is -4.60. The van der Waals surface area contributed by atoms with E-state index in [4.69, 9.17) is 18.9 Å². The quantitative estimate of drug-likeness (QED) is 0.335. The molecular weight excluding hydrogens is 496 g/mol. The molecule has 10 heteroatoms. The molecule has 3 heterocycles. The van der Waals surface area contributed by atoms with Crippen molar-refractivity contribution in [1.82, 2.24) is 0 Å². The Morgan fingerprint density at radius 2 is 1.79 bits per heavy atom. The van der Waals surface area contributed by atoms with E-state index in [1.807, 2.05) is 0 Å². The molecule has 0 spiro atoms. The van der Waals surface area contributed by atoms with Gasteiger partial charge in [0, 0.05) is 18.8 Å². The molecule has 0 radical (unpaired) electrons. The molecule has 2 bridgehead atoms. The standard InChI is InChI=1S/C28H32O10/c1-14(12-29)19-20-22(32)26(5)17(31)11-18-27(13-35-18,37-15(2)30)21(26)23(28(34,38-20)25(19,3)4)36-24(33)16-9-7-6-8-10-16/h6-10,12,17-18,20-21,23,31,34H,11,13H2,1-5H3/b19-14-/t17-,18+,20+,21?,23-,26+,27-,28+/m0/s1. The van der Waals surface area contributed by atoms with Crippen LogP contribution >= 0.6 is 0 Å². The van der Waals surface area contributed by atoms with Gasteiger partial charge in [-0.1, -0.05) is 32.0 Å². The highest BCUT2D eigenvalue weighted by Gasteiger charge is 2.80. The number of hydrogen-bond acceptors (Lipinski definition) is 10. The highest BCUT2D eigenvalue weighted by atomic mass is 16.7. The van der Waals surface area contributed by atoms with Crippen LogP contribution in [0.1, 0.15) is 51.4 Å². The zero-order valence-electron chi connectivity index (χ0n) is 21.9. The molecule has 1 aromatic rings. The number of benzene rings is 1. The van der Waals surface area contributed by atoms with Crippen molar-refractivity contribution in [3.05, 3.63) is 47.0 Å². The number of carbonyl (C=O) groups excluding carboxylic acids is 4. The van der Waals surface area contributed by atoms with Gasteiger partial charge in [-0.05, 0) is 37.1 Å². The summed E-state index contributed by atoms with van der Waals surface area (Å²) >= 11 is 0. The lowest BCUT2D eigenvalue weighted by atomic mass is 9.49. The fourth-order valence-electron chi connectivity index (χ4n) is 7.09. The summed E-state index contributed by atoms with van der Waals surface area (Å²) in [5.41, 5.74) is -4.00. The second kappa shape index (κ2) is 8.54. The van der Waals surface area contributed by atoms with Crippen molar-refractivity contribution in [3.63, 3.8) is 0 Å². The maximum absolute atomic E-state index is 14.4. The third kappa shape index (κ3) is 3.27. The Kier molecular flexibility index (Phi) is 6.00. The zero-order valence-corrected chi connectivity index (χ0v) is 21.9. The number of carbonyl (C=O) groups is 4. The molecule has 1 aliphatic carbocycles. The number of Topliss-reactive ketones (excluding diaryl/α,β-unsaturated/α-hetero) is 1. The first-order valence-electron chi connectivity index (χ1n) is 12.6. The van der Waals surface area contributed by atoms with Gasteiger partial charge in [-0.25, -0.2) is 4.79 Å². The maximum atomic E-state index is 14.4. The van der Waals surface area contributed by atoms with E-state index < -0.39 is 70.3 Å². The maximum Gasteiger partial charge on any atom is 0.338 e. The smallest absolute Gasteiger partial charge is 0.338 e. The van der Waals surface area contributed by atoms with Crippen molar-refractivity contribution >= 4 is 24.0 Å². The van der Waals surface area contributed by atoms with E-state index in [-0.39, 0.29) is 29.7 Å². The molecule has 1 unspecified atom stereocenters. The van der Waals surface area contributed by atoms with Gasteiger partial charge in [-0.15, -0.1) is 0 Å². The average Bonchev–Trinajstić information content (AvgIpc) is 3.05. The average molecular weight is 529 g/mol. The van der Waals surface area contributed by atoms with Crippen LogP contribution in [0, 0.1) is 16.7 Å². The van der Waals surface area contributed by atoms with Crippen LogP contribution in [-0.2, 0) is 33.3 Å². The van der Waals surface area contributed by atoms with Gasteiger partial charge in [0.2, 0.25) is 5.79 Å². The van der Waals surface area contributed by atoms with Crippen LogP contribution in [0.5, 0.6) is 0 Å². The van der Waals surface area contributed by atoms with Gasteiger partial charge < -0.3 is 29.2 Å². The number of rotatable bonds is 4. The predicted molar refractivity (Wildman–Crippen MR) is 129 cm³/mol. The molecule has 4 aliphatic rings. The van der Waals surface area contributed by atoms with Crippen molar-refractivity contribution in [2.45, 2.75) is 76.8 Å². The predicted octanol–water partition coefficient (Wildman–Crippen LogP) is 1.51. The highest BCUT2D eigenvalue weighted by molar-refractivity contribution is 5.96. The number of ketones is 1. The van der Waals surface area contributed by atoms with Crippen molar-refractivity contribution < 1.29 is 48.3 Å². The summed E-state index contributed by atoms with van der Waals surface area (Å²) in [6.45, 7) is 7.30. The van der Waals surface area contributed by atoms with E-state index in [0.29, 0.717) is 6.29 Å². The molecule has 5 rings (SSSR count). The van der Waals surface area contributed by atoms with E-state index in [9.17, 15) is 29.4 Å². The number of fused-ring (bicyclic) bond motifs is 5. The lowest BCUT2D eigenvalue weighted by molar-refractivity contribution is -0.356. The Hall–Kier alpha value is -2.92. The van der Waals surface area contributed by atoms with Gasteiger partial charge in [-0.2, -0.15) is 0 Å². The first kappa shape index (κ1) is 26.7. The van der Waals surface area contributed by atoms with Gasteiger partial charge in [0.25, 0.3) is 0 Å². The van der Waals surface area contributed by atoms with Gasteiger partial charge in [0.05, 0.1) is 29.6 Å². The van der Waals surface area contributed by atoms with Crippen LogP contribution in [0.15, 0.2) is 41.5 Å². The summed E-state index contributed by atoms with van der Waals surface area (Å²) in [4.78, 5) is 52.1. The van der Waals surface area contributed by atoms with E-state index in [1.165, 1.54) is 32.9 Å². The van der Waals surface area contributed by atoms with Gasteiger partial charge >= 0.3 is 11.9 Å². The molecule has 8 atom stereocenters. The summed E-state index contributed by atoms with van der Waals surface area (Å²) in [5, 5.41) is 23.8. The molecular formula is C28H32O10. The van der Waals surface area contributed by atoms with Crippen molar-refractivity contribution in [1.29, 1.82) is 0 Å². The Bertz CT molecular complexity index is 1240. The number of allylic oxidation sites excluding steroid dienone is 1.